The molecule has 2 heterocycles. The highest BCUT2D eigenvalue weighted by Gasteiger charge is 2.17. The van der Waals surface area contributed by atoms with Crippen LogP contribution < -0.4 is 4.72 Å². The van der Waals surface area contributed by atoms with E-state index in [2.05, 4.69) is 14.7 Å². The first-order chi connectivity index (χ1) is 13.5. The van der Waals surface area contributed by atoms with Crippen molar-refractivity contribution in [3.8, 4) is 0 Å². The number of pyridine rings is 1. The lowest BCUT2D eigenvalue weighted by Crippen LogP contribution is -2.25. The summed E-state index contributed by atoms with van der Waals surface area (Å²) in [7, 11) is -3.66. The van der Waals surface area contributed by atoms with Crippen LogP contribution in [0.2, 0.25) is 0 Å². The molecule has 28 heavy (non-hydrogen) atoms. The summed E-state index contributed by atoms with van der Waals surface area (Å²) in [6.45, 7) is 0.408. The van der Waals surface area contributed by atoms with Crippen LogP contribution in [0, 0.1) is 5.82 Å². The molecule has 0 bridgehead atoms. The largest absolute Gasteiger partial charge is 0.307 e. The Kier molecular flexibility index (Phi) is 4.89. The van der Waals surface area contributed by atoms with Crippen LogP contribution in [0.1, 0.15) is 11.4 Å². The second-order valence-electron chi connectivity index (χ2n) is 6.22. The molecule has 0 atom stereocenters. The monoisotopic (exact) mass is 396 g/mol. The van der Waals surface area contributed by atoms with Gasteiger partial charge in [0.1, 0.15) is 17.2 Å². The quantitative estimate of drug-likeness (QED) is 0.543. The third kappa shape index (κ3) is 3.78. The minimum Gasteiger partial charge on any atom is -0.307 e. The third-order valence-electron chi connectivity index (χ3n) is 4.31. The molecule has 6 nitrogen and oxygen atoms in total. The van der Waals surface area contributed by atoms with Gasteiger partial charge in [0.15, 0.2) is 5.65 Å². The Hall–Kier alpha value is -3.10. The van der Waals surface area contributed by atoms with Crippen LogP contribution >= 0.6 is 0 Å². The fourth-order valence-corrected chi connectivity index (χ4v) is 3.92. The number of rotatable bonds is 6. The standard InChI is InChI=1S/C20H17FN4O2S/c21-16-10-8-15(9-11-16)14-25-19(24-18-7-4-12-22-20(18)25)13-23-28(26,27)17-5-2-1-3-6-17/h1-12,23H,13-14H2. The van der Waals surface area contributed by atoms with Gasteiger partial charge in [-0.3, -0.25) is 0 Å². The normalized spacial score (nSPS) is 11.8. The average molecular weight is 396 g/mol. The molecule has 0 spiro atoms. The van der Waals surface area contributed by atoms with E-state index in [-0.39, 0.29) is 17.3 Å². The van der Waals surface area contributed by atoms with Gasteiger partial charge < -0.3 is 4.57 Å². The van der Waals surface area contributed by atoms with Gasteiger partial charge in [0.2, 0.25) is 10.0 Å². The predicted octanol–water partition coefficient (Wildman–Crippen LogP) is 3.10. The summed E-state index contributed by atoms with van der Waals surface area (Å²) < 4.78 is 42.7. The summed E-state index contributed by atoms with van der Waals surface area (Å²) in [5.74, 6) is 0.214. The molecule has 0 amide bonds. The number of halogens is 1. The number of hydrogen-bond acceptors (Lipinski definition) is 4. The zero-order valence-corrected chi connectivity index (χ0v) is 15.6. The van der Waals surface area contributed by atoms with E-state index in [1.165, 1.54) is 24.3 Å². The molecule has 0 saturated carbocycles. The Balaban J connectivity index is 1.66. The number of imidazole rings is 1. The van der Waals surface area contributed by atoms with Gasteiger partial charge in [-0.15, -0.1) is 0 Å². The van der Waals surface area contributed by atoms with Crippen LogP contribution in [0.3, 0.4) is 0 Å². The number of aromatic nitrogens is 3. The van der Waals surface area contributed by atoms with E-state index in [0.717, 1.165) is 5.56 Å². The number of nitrogens with one attached hydrogen (secondary N) is 1. The SMILES string of the molecule is O=S(=O)(NCc1nc2cccnc2n1Cc1ccc(F)cc1)c1ccccc1. The number of sulfonamides is 1. The molecule has 8 heteroatoms. The lowest BCUT2D eigenvalue weighted by Gasteiger charge is -2.10. The maximum atomic E-state index is 13.2. The van der Waals surface area contributed by atoms with Crippen LogP contribution in [-0.4, -0.2) is 23.0 Å². The van der Waals surface area contributed by atoms with Crippen LogP contribution in [-0.2, 0) is 23.1 Å². The molecular formula is C20H17FN4O2S. The zero-order chi connectivity index (χ0) is 19.6. The molecule has 0 saturated heterocycles. The Morgan fingerprint density at radius 3 is 2.46 bits per heavy atom. The molecule has 2 aromatic carbocycles. The van der Waals surface area contributed by atoms with Gasteiger partial charge in [0.25, 0.3) is 0 Å². The lowest BCUT2D eigenvalue weighted by molar-refractivity contribution is 0.576. The molecule has 0 fully saturated rings. The fraction of sp³-hybridized carbons (Fsp3) is 0.100. The fourth-order valence-electron chi connectivity index (χ4n) is 2.92. The zero-order valence-electron chi connectivity index (χ0n) is 14.8. The van der Waals surface area contributed by atoms with Crippen LogP contribution in [0.25, 0.3) is 11.2 Å². The van der Waals surface area contributed by atoms with Crippen molar-refractivity contribution in [2.45, 2.75) is 18.0 Å². The number of nitrogens with zero attached hydrogens (tertiary/aromatic N) is 3. The number of hydrogen-bond donors (Lipinski definition) is 1. The van der Waals surface area contributed by atoms with E-state index < -0.39 is 10.0 Å². The van der Waals surface area contributed by atoms with Gasteiger partial charge in [0, 0.05) is 6.20 Å². The summed E-state index contributed by atoms with van der Waals surface area (Å²) in [4.78, 5) is 9.08. The Labute approximate surface area is 161 Å². The number of benzene rings is 2. The number of fused-ring (bicyclic) bond motifs is 1. The third-order valence-corrected chi connectivity index (χ3v) is 5.73. The van der Waals surface area contributed by atoms with Crippen molar-refractivity contribution in [1.29, 1.82) is 0 Å². The van der Waals surface area contributed by atoms with Crippen molar-refractivity contribution in [1.82, 2.24) is 19.3 Å². The lowest BCUT2D eigenvalue weighted by atomic mass is 10.2. The molecule has 0 aliphatic rings. The van der Waals surface area contributed by atoms with E-state index in [9.17, 15) is 12.8 Å². The summed E-state index contributed by atoms with van der Waals surface area (Å²) in [6, 6.07) is 17.9. The molecule has 0 aliphatic carbocycles. The summed E-state index contributed by atoms with van der Waals surface area (Å²) >= 11 is 0. The van der Waals surface area contributed by atoms with Crippen LogP contribution in [0.5, 0.6) is 0 Å². The van der Waals surface area contributed by atoms with Gasteiger partial charge in [-0.2, -0.15) is 0 Å². The molecule has 2 aromatic heterocycles. The van der Waals surface area contributed by atoms with E-state index in [1.807, 2.05) is 10.6 Å². The predicted molar refractivity (Wildman–Crippen MR) is 103 cm³/mol. The molecular weight excluding hydrogens is 379 g/mol. The van der Waals surface area contributed by atoms with E-state index in [0.29, 0.717) is 23.5 Å². The molecule has 0 radical (unpaired) electrons. The van der Waals surface area contributed by atoms with Crippen LogP contribution in [0.4, 0.5) is 4.39 Å². The highest BCUT2D eigenvalue weighted by molar-refractivity contribution is 7.89. The van der Waals surface area contributed by atoms with E-state index >= 15 is 0 Å². The van der Waals surface area contributed by atoms with Gasteiger partial charge in [-0.05, 0) is 42.0 Å². The highest BCUT2D eigenvalue weighted by Crippen LogP contribution is 2.17. The minimum atomic E-state index is -3.66. The van der Waals surface area contributed by atoms with E-state index in [1.54, 1.807) is 42.6 Å². The average Bonchev–Trinajstić information content (AvgIpc) is 3.06. The summed E-state index contributed by atoms with van der Waals surface area (Å²) in [5, 5.41) is 0. The maximum absolute atomic E-state index is 13.2. The molecule has 1 N–H and O–H groups in total. The summed E-state index contributed by atoms with van der Waals surface area (Å²) in [5.41, 5.74) is 2.16. The molecule has 4 aromatic rings. The van der Waals surface area contributed by atoms with Crippen molar-refractivity contribution in [2.24, 2.45) is 0 Å². The highest BCUT2D eigenvalue weighted by atomic mass is 32.2. The second-order valence-corrected chi connectivity index (χ2v) is 7.99. The van der Waals surface area contributed by atoms with Gasteiger partial charge in [0.05, 0.1) is 18.0 Å². The topological polar surface area (TPSA) is 76.9 Å². The molecule has 0 unspecified atom stereocenters. The van der Waals surface area contributed by atoms with Crippen LogP contribution in [0.15, 0.2) is 77.8 Å². The van der Waals surface area contributed by atoms with Gasteiger partial charge >= 0.3 is 0 Å². The summed E-state index contributed by atoms with van der Waals surface area (Å²) in [6.07, 6.45) is 1.66. The van der Waals surface area contributed by atoms with Crippen molar-refractivity contribution in [3.63, 3.8) is 0 Å². The van der Waals surface area contributed by atoms with Crippen molar-refractivity contribution in [2.75, 3.05) is 0 Å². The Bertz CT molecular complexity index is 1210. The first-order valence-corrected chi connectivity index (χ1v) is 10.1. The van der Waals surface area contributed by atoms with Gasteiger partial charge in [-0.1, -0.05) is 30.3 Å². The maximum Gasteiger partial charge on any atom is 0.240 e. The smallest absolute Gasteiger partial charge is 0.240 e. The minimum absolute atomic E-state index is 0.00871. The Morgan fingerprint density at radius 1 is 0.964 bits per heavy atom. The van der Waals surface area contributed by atoms with Gasteiger partial charge in [-0.25, -0.2) is 27.5 Å². The molecule has 0 aliphatic heterocycles. The molecule has 142 valence electrons. The molecule has 4 rings (SSSR count). The van der Waals surface area contributed by atoms with E-state index in [4.69, 9.17) is 0 Å². The van der Waals surface area contributed by atoms with Crippen molar-refractivity contribution in [3.05, 3.63) is 90.1 Å². The van der Waals surface area contributed by atoms with Crippen molar-refractivity contribution >= 4 is 21.2 Å². The Morgan fingerprint density at radius 2 is 1.71 bits per heavy atom. The first kappa shape index (κ1) is 18.3. The van der Waals surface area contributed by atoms with Crippen molar-refractivity contribution < 1.29 is 12.8 Å². The first-order valence-electron chi connectivity index (χ1n) is 8.62. The second kappa shape index (κ2) is 7.49.